The van der Waals surface area contributed by atoms with E-state index in [1.165, 1.54) is 19.1 Å². The zero-order valence-corrected chi connectivity index (χ0v) is 23.0. The Kier molecular flexibility index (Phi) is 8.79. The Bertz CT molecular complexity index is 1240. The number of ether oxygens (including phenoxy) is 3. The lowest BCUT2D eigenvalue weighted by Gasteiger charge is -2.32. The van der Waals surface area contributed by atoms with Gasteiger partial charge in [-0.3, -0.25) is 14.5 Å². The molecule has 1 saturated carbocycles. The lowest BCUT2D eigenvalue weighted by Crippen LogP contribution is -2.46. The van der Waals surface area contributed by atoms with Gasteiger partial charge < -0.3 is 19.5 Å². The van der Waals surface area contributed by atoms with Crippen LogP contribution in [0.3, 0.4) is 0 Å². The number of nitrogens with zero attached hydrogens (tertiary/aromatic N) is 2. The summed E-state index contributed by atoms with van der Waals surface area (Å²) in [6.07, 6.45) is 3.85. The normalized spacial score (nSPS) is 14.2. The number of benzene rings is 2. The van der Waals surface area contributed by atoms with Crippen LogP contribution in [0.4, 0.5) is 5.69 Å². The Morgan fingerprint density at radius 2 is 1.57 bits per heavy atom. The minimum atomic E-state index is -1.06. The van der Waals surface area contributed by atoms with E-state index >= 15 is 0 Å². The first-order chi connectivity index (χ1) is 17.9. The molecule has 0 spiro atoms. The maximum Gasteiger partial charge on any atom is 0.280 e. The molecule has 0 aliphatic heterocycles. The molecule has 1 heterocycles. The number of hydrogen-bond acceptors (Lipinski definition) is 7. The van der Waals surface area contributed by atoms with Gasteiger partial charge in [0.05, 0.1) is 27.0 Å². The fourth-order valence-corrected chi connectivity index (χ4v) is 5.36. The molecule has 1 fully saturated rings. The first-order valence-electron chi connectivity index (χ1n) is 11.7. The molecule has 2 aromatic carbocycles. The molecule has 1 unspecified atom stereocenters. The molecule has 3 aromatic rings. The number of anilines is 1. The van der Waals surface area contributed by atoms with Crippen LogP contribution < -0.4 is 24.4 Å². The van der Waals surface area contributed by atoms with Gasteiger partial charge in [-0.15, -0.1) is 0 Å². The van der Waals surface area contributed by atoms with Crippen LogP contribution in [0.1, 0.15) is 47.8 Å². The van der Waals surface area contributed by atoms with E-state index in [9.17, 15) is 9.59 Å². The van der Waals surface area contributed by atoms with Crippen molar-refractivity contribution in [2.45, 2.75) is 37.8 Å². The van der Waals surface area contributed by atoms with Crippen LogP contribution in [0.5, 0.6) is 17.2 Å². The number of hydrogen-bond donors (Lipinski definition) is 1. The number of methoxy groups -OCH3 is 3. The highest BCUT2D eigenvalue weighted by Gasteiger charge is 2.37. The van der Waals surface area contributed by atoms with Crippen molar-refractivity contribution in [3.05, 3.63) is 63.1 Å². The molecule has 1 aliphatic carbocycles. The SMILES string of the molecule is COc1ccc(C(C(=O)NC2CCCC2)N(C(=O)c2nsc(Cl)c2Cl)c2cc(OC)cc(OC)c2)cc1. The van der Waals surface area contributed by atoms with Gasteiger partial charge in [0, 0.05) is 24.2 Å². The second-order valence-electron chi connectivity index (χ2n) is 8.53. The summed E-state index contributed by atoms with van der Waals surface area (Å²) in [4.78, 5) is 29.4. The number of rotatable bonds is 9. The molecule has 1 N–H and O–H groups in total. The second kappa shape index (κ2) is 12.0. The summed E-state index contributed by atoms with van der Waals surface area (Å²) in [6.45, 7) is 0. The predicted octanol–water partition coefficient (Wildman–Crippen LogP) is 5.92. The van der Waals surface area contributed by atoms with E-state index in [-0.39, 0.29) is 27.0 Å². The largest absolute Gasteiger partial charge is 0.497 e. The zero-order valence-electron chi connectivity index (χ0n) is 20.6. The maximum atomic E-state index is 14.1. The molecule has 0 bridgehead atoms. The number of amides is 2. The smallest absolute Gasteiger partial charge is 0.280 e. The molecule has 1 aromatic heterocycles. The van der Waals surface area contributed by atoms with Crippen molar-refractivity contribution in [3.63, 3.8) is 0 Å². The molecule has 196 valence electrons. The van der Waals surface area contributed by atoms with Crippen molar-refractivity contribution in [1.29, 1.82) is 0 Å². The average Bonchev–Trinajstić information content (AvgIpc) is 3.55. The van der Waals surface area contributed by atoms with Crippen molar-refractivity contribution in [3.8, 4) is 17.2 Å². The third kappa shape index (κ3) is 5.95. The topological polar surface area (TPSA) is 90.0 Å². The van der Waals surface area contributed by atoms with Gasteiger partial charge in [-0.1, -0.05) is 48.2 Å². The van der Waals surface area contributed by atoms with E-state index < -0.39 is 11.9 Å². The standard InChI is InChI=1S/C26H27Cl2N3O5S/c1-34-18-10-8-15(9-11-18)23(25(32)29-16-6-4-5-7-16)31(26(33)22-21(27)24(28)37-30-22)17-12-19(35-2)14-20(13-17)36-3/h8-14,16,23H,4-7H2,1-3H3,(H,29,32). The monoisotopic (exact) mass is 563 g/mol. The molecule has 0 saturated heterocycles. The quantitative estimate of drug-likeness (QED) is 0.347. The number of nitrogens with one attached hydrogen (secondary N) is 1. The number of carbonyl (C=O) groups excluding carboxylic acids is 2. The molecule has 1 atom stereocenters. The van der Waals surface area contributed by atoms with Gasteiger partial charge in [0.15, 0.2) is 5.69 Å². The van der Waals surface area contributed by atoms with Gasteiger partial charge in [0.25, 0.3) is 5.91 Å². The summed E-state index contributed by atoms with van der Waals surface area (Å²) in [7, 11) is 4.58. The molecule has 2 amide bonds. The van der Waals surface area contributed by atoms with E-state index in [0.29, 0.717) is 28.5 Å². The summed E-state index contributed by atoms with van der Waals surface area (Å²) < 4.78 is 20.6. The molecular weight excluding hydrogens is 537 g/mol. The van der Waals surface area contributed by atoms with Gasteiger partial charge in [-0.25, -0.2) is 0 Å². The van der Waals surface area contributed by atoms with E-state index in [0.717, 1.165) is 37.2 Å². The predicted molar refractivity (Wildman–Crippen MR) is 145 cm³/mol. The fourth-order valence-electron chi connectivity index (χ4n) is 4.38. The molecule has 11 heteroatoms. The van der Waals surface area contributed by atoms with Gasteiger partial charge in [0.2, 0.25) is 5.91 Å². The summed E-state index contributed by atoms with van der Waals surface area (Å²) in [6, 6.07) is 11.0. The van der Waals surface area contributed by atoms with Crippen molar-refractivity contribution < 1.29 is 23.8 Å². The van der Waals surface area contributed by atoms with Crippen LogP contribution in [-0.4, -0.2) is 43.6 Å². The highest BCUT2D eigenvalue weighted by Crippen LogP contribution is 2.38. The van der Waals surface area contributed by atoms with Crippen LogP contribution in [0.2, 0.25) is 9.36 Å². The molecular formula is C26H27Cl2N3O5S. The van der Waals surface area contributed by atoms with Gasteiger partial charge in [-0.05, 0) is 42.1 Å². The van der Waals surface area contributed by atoms with Crippen LogP contribution >= 0.6 is 34.7 Å². The first kappa shape index (κ1) is 27.0. The minimum absolute atomic E-state index is 0.0289. The highest BCUT2D eigenvalue weighted by molar-refractivity contribution is 7.11. The number of halogens is 2. The first-order valence-corrected chi connectivity index (χ1v) is 13.2. The maximum absolute atomic E-state index is 14.1. The van der Waals surface area contributed by atoms with Crippen LogP contribution in [0, 0.1) is 0 Å². The van der Waals surface area contributed by atoms with E-state index in [2.05, 4.69) is 9.69 Å². The van der Waals surface area contributed by atoms with Gasteiger partial charge in [-0.2, -0.15) is 4.37 Å². The second-order valence-corrected chi connectivity index (χ2v) is 10.3. The zero-order chi connectivity index (χ0) is 26.5. The Labute approximate surface area is 229 Å². The van der Waals surface area contributed by atoms with E-state index in [4.69, 9.17) is 37.4 Å². The Balaban J connectivity index is 1.89. The number of carbonyl (C=O) groups is 2. The number of aromatic nitrogens is 1. The lowest BCUT2D eigenvalue weighted by molar-refractivity contribution is -0.123. The van der Waals surface area contributed by atoms with Crippen molar-refractivity contribution in [2.75, 3.05) is 26.2 Å². The molecule has 4 rings (SSSR count). The third-order valence-corrected chi connectivity index (χ3v) is 7.88. The van der Waals surface area contributed by atoms with E-state index in [1.807, 2.05) is 0 Å². The highest BCUT2D eigenvalue weighted by atomic mass is 35.5. The summed E-state index contributed by atoms with van der Waals surface area (Å²) in [5.41, 5.74) is 0.887. The molecule has 1 aliphatic rings. The average molecular weight is 564 g/mol. The third-order valence-electron chi connectivity index (χ3n) is 6.27. The Hall–Kier alpha value is -3.01. The van der Waals surface area contributed by atoms with Crippen LogP contribution in [0.15, 0.2) is 42.5 Å². The van der Waals surface area contributed by atoms with Gasteiger partial charge >= 0.3 is 0 Å². The minimum Gasteiger partial charge on any atom is -0.497 e. The molecule has 37 heavy (non-hydrogen) atoms. The lowest BCUT2D eigenvalue weighted by atomic mass is 10.0. The van der Waals surface area contributed by atoms with Crippen molar-refractivity contribution >= 4 is 52.2 Å². The Morgan fingerprint density at radius 3 is 2.08 bits per heavy atom. The van der Waals surface area contributed by atoms with Crippen molar-refractivity contribution in [2.24, 2.45) is 0 Å². The van der Waals surface area contributed by atoms with E-state index in [1.54, 1.807) is 49.6 Å². The summed E-state index contributed by atoms with van der Waals surface area (Å²) >= 11 is 13.4. The van der Waals surface area contributed by atoms with Crippen LogP contribution in [-0.2, 0) is 4.79 Å². The molecule has 8 nitrogen and oxygen atoms in total. The molecule has 0 radical (unpaired) electrons. The Morgan fingerprint density at radius 1 is 0.973 bits per heavy atom. The van der Waals surface area contributed by atoms with Crippen LogP contribution in [0.25, 0.3) is 0 Å². The van der Waals surface area contributed by atoms with Crippen molar-refractivity contribution in [1.82, 2.24) is 9.69 Å². The fraction of sp³-hybridized carbons (Fsp3) is 0.346. The summed E-state index contributed by atoms with van der Waals surface area (Å²) in [5.74, 6) is 0.586. The summed E-state index contributed by atoms with van der Waals surface area (Å²) in [5, 5.41) is 3.17. The van der Waals surface area contributed by atoms with Gasteiger partial charge in [0.1, 0.15) is 32.6 Å².